The van der Waals surface area contributed by atoms with Crippen LogP contribution in [0.1, 0.15) is 25.3 Å². The van der Waals surface area contributed by atoms with E-state index in [1.807, 2.05) is 18.2 Å². The topological polar surface area (TPSA) is 51.0 Å². The third-order valence-corrected chi connectivity index (χ3v) is 2.17. The molecule has 0 aliphatic heterocycles. The Bertz CT molecular complexity index is 350. The van der Waals surface area contributed by atoms with Crippen LogP contribution in [0.25, 0.3) is 0 Å². The zero-order valence-electron chi connectivity index (χ0n) is 9.64. The number of methoxy groups -OCH3 is 1. The van der Waals surface area contributed by atoms with Crippen molar-refractivity contribution >= 4 is 6.21 Å². The molecule has 0 saturated carbocycles. The smallest absolute Gasteiger partial charge is 0.170 e. The summed E-state index contributed by atoms with van der Waals surface area (Å²) in [5, 5.41) is 11.6. The number of ether oxygens (including phenoxy) is 2. The van der Waals surface area contributed by atoms with Crippen molar-refractivity contribution < 1.29 is 14.7 Å². The first-order valence-electron chi connectivity index (χ1n) is 5.30. The summed E-state index contributed by atoms with van der Waals surface area (Å²) in [7, 11) is 1.59. The van der Waals surface area contributed by atoms with Crippen molar-refractivity contribution in [1.29, 1.82) is 0 Å². The number of oxime groups is 1. The van der Waals surface area contributed by atoms with Crippen molar-refractivity contribution in [2.24, 2.45) is 5.16 Å². The summed E-state index contributed by atoms with van der Waals surface area (Å²) >= 11 is 0. The van der Waals surface area contributed by atoms with Crippen molar-refractivity contribution in [2.75, 3.05) is 13.7 Å². The molecule has 4 nitrogen and oxygen atoms in total. The van der Waals surface area contributed by atoms with Gasteiger partial charge in [-0.15, -0.1) is 0 Å². The molecular formula is C12H17NO3. The Hall–Kier alpha value is -1.71. The highest BCUT2D eigenvalue weighted by Gasteiger charge is 2.08. The Labute approximate surface area is 95.5 Å². The fraction of sp³-hybridized carbons (Fsp3) is 0.417. The van der Waals surface area contributed by atoms with E-state index in [1.165, 1.54) is 6.21 Å². The molecule has 1 aromatic rings. The van der Waals surface area contributed by atoms with E-state index in [4.69, 9.17) is 14.7 Å². The SMILES string of the molecule is CCCCOc1c(C=NO)cccc1OC. The van der Waals surface area contributed by atoms with Gasteiger partial charge in [0.05, 0.1) is 19.9 Å². The van der Waals surface area contributed by atoms with Crippen molar-refractivity contribution in [3.05, 3.63) is 23.8 Å². The molecule has 4 heteroatoms. The van der Waals surface area contributed by atoms with Gasteiger partial charge in [-0.2, -0.15) is 0 Å². The van der Waals surface area contributed by atoms with Gasteiger partial charge in [0.25, 0.3) is 0 Å². The predicted octanol–water partition coefficient (Wildman–Crippen LogP) is 2.68. The van der Waals surface area contributed by atoms with Gasteiger partial charge >= 0.3 is 0 Å². The van der Waals surface area contributed by atoms with Crippen LogP contribution in [0.4, 0.5) is 0 Å². The van der Waals surface area contributed by atoms with E-state index < -0.39 is 0 Å². The first-order chi connectivity index (χ1) is 7.83. The molecule has 0 heterocycles. The molecule has 1 rings (SSSR count). The lowest BCUT2D eigenvalue weighted by Crippen LogP contribution is -2.01. The highest BCUT2D eigenvalue weighted by molar-refractivity contribution is 5.84. The van der Waals surface area contributed by atoms with E-state index in [2.05, 4.69) is 12.1 Å². The number of nitrogens with zero attached hydrogens (tertiary/aromatic N) is 1. The molecule has 0 aliphatic rings. The molecule has 88 valence electrons. The molecule has 0 aromatic heterocycles. The van der Waals surface area contributed by atoms with Gasteiger partial charge in [0.1, 0.15) is 0 Å². The molecule has 0 bridgehead atoms. The van der Waals surface area contributed by atoms with Crippen LogP contribution >= 0.6 is 0 Å². The van der Waals surface area contributed by atoms with Gasteiger partial charge in [-0.05, 0) is 18.6 Å². The van der Waals surface area contributed by atoms with Gasteiger partial charge in [-0.25, -0.2) is 0 Å². The Balaban J connectivity index is 2.90. The quantitative estimate of drug-likeness (QED) is 0.349. The standard InChI is InChI=1S/C12H17NO3/c1-3-4-8-16-12-10(9-13-14)6-5-7-11(12)15-2/h5-7,9,14H,3-4,8H2,1-2H3. The second kappa shape index (κ2) is 6.71. The summed E-state index contributed by atoms with van der Waals surface area (Å²) in [6.45, 7) is 2.73. The number of para-hydroxylation sites is 1. The molecule has 1 aromatic carbocycles. The lowest BCUT2D eigenvalue weighted by atomic mass is 10.2. The average molecular weight is 223 g/mol. The Kier molecular flexibility index (Phi) is 5.19. The Morgan fingerprint density at radius 2 is 2.25 bits per heavy atom. The van der Waals surface area contributed by atoms with E-state index in [9.17, 15) is 0 Å². The van der Waals surface area contributed by atoms with Crippen LogP contribution in [0.3, 0.4) is 0 Å². The van der Waals surface area contributed by atoms with E-state index in [0.29, 0.717) is 23.7 Å². The number of rotatable bonds is 6. The van der Waals surface area contributed by atoms with Crippen molar-refractivity contribution in [3.8, 4) is 11.5 Å². The van der Waals surface area contributed by atoms with Gasteiger partial charge in [-0.1, -0.05) is 24.6 Å². The highest BCUT2D eigenvalue weighted by Crippen LogP contribution is 2.30. The van der Waals surface area contributed by atoms with Crippen molar-refractivity contribution in [3.63, 3.8) is 0 Å². The predicted molar refractivity (Wildman–Crippen MR) is 62.8 cm³/mol. The third kappa shape index (κ3) is 3.15. The van der Waals surface area contributed by atoms with E-state index in [1.54, 1.807) is 7.11 Å². The maximum atomic E-state index is 8.55. The molecule has 0 radical (unpaired) electrons. The van der Waals surface area contributed by atoms with Crippen molar-refractivity contribution in [1.82, 2.24) is 0 Å². The first-order valence-corrected chi connectivity index (χ1v) is 5.30. The molecule has 1 N–H and O–H groups in total. The van der Waals surface area contributed by atoms with Crippen molar-refractivity contribution in [2.45, 2.75) is 19.8 Å². The summed E-state index contributed by atoms with van der Waals surface area (Å²) in [6.07, 6.45) is 3.39. The number of benzene rings is 1. The summed E-state index contributed by atoms with van der Waals surface area (Å²) in [5.41, 5.74) is 0.706. The summed E-state index contributed by atoms with van der Waals surface area (Å²) in [4.78, 5) is 0. The summed E-state index contributed by atoms with van der Waals surface area (Å²) in [5.74, 6) is 1.27. The number of unbranched alkanes of at least 4 members (excludes halogenated alkanes) is 1. The molecule has 0 aliphatic carbocycles. The minimum atomic E-state index is 0.622. The molecule has 0 amide bonds. The summed E-state index contributed by atoms with van der Waals surface area (Å²) < 4.78 is 10.8. The molecule has 0 unspecified atom stereocenters. The molecule has 0 atom stereocenters. The number of hydrogen-bond acceptors (Lipinski definition) is 4. The summed E-state index contributed by atoms with van der Waals surface area (Å²) in [6, 6.07) is 5.45. The lowest BCUT2D eigenvalue weighted by molar-refractivity contribution is 0.287. The van der Waals surface area contributed by atoms with Crippen LogP contribution in [0, 0.1) is 0 Å². The Morgan fingerprint density at radius 1 is 1.44 bits per heavy atom. The van der Waals surface area contributed by atoms with Gasteiger partial charge < -0.3 is 14.7 Å². The van der Waals surface area contributed by atoms with Crippen LogP contribution in [0.5, 0.6) is 11.5 Å². The van der Waals surface area contributed by atoms with Gasteiger partial charge in [0.2, 0.25) is 0 Å². The fourth-order valence-corrected chi connectivity index (χ4v) is 1.33. The molecule has 0 saturated heterocycles. The van der Waals surface area contributed by atoms with Crippen LogP contribution in [0.2, 0.25) is 0 Å². The van der Waals surface area contributed by atoms with Crippen LogP contribution < -0.4 is 9.47 Å². The number of hydrogen-bond donors (Lipinski definition) is 1. The molecule has 0 spiro atoms. The first kappa shape index (κ1) is 12.4. The third-order valence-electron chi connectivity index (χ3n) is 2.17. The second-order valence-electron chi connectivity index (χ2n) is 3.33. The fourth-order valence-electron chi connectivity index (χ4n) is 1.33. The normalized spacial score (nSPS) is 10.6. The van der Waals surface area contributed by atoms with E-state index in [0.717, 1.165) is 12.8 Å². The van der Waals surface area contributed by atoms with Crippen LogP contribution in [-0.2, 0) is 0 Å². The maximum absolute atomic E-state index is 8.55. The monoisotopic (exact) mass is 223 g/mol. The van der Waals surface area contributed by atoms with Gasteiger partial charge in [0, 0.05) is 5.56 Å². The van der Waals surface area contributed by atoms with E-state index >= 15 is 0 Å². The zero-order valence-corrected chi connectivity index (χ0v) is 9.64. The average Bonchev–Trinajstić information content (AvgIpc) is 2.31. The largest absolute Gasteiger partial charge is 0.493 e. The highest BCUT2D eigenvalue weighted by atomic mass is 16.5. The molecule has 16 heavy (non-hydrogen) atoms. The lowest BCUT2D eigenvalue weighted by Gasteiger charge is -2.12. The van der Waals surface area contributed by atoms with Crippen LogP contribution in [-0.4, -0.2) is 25.1 Å². The van der Waals surface area contributed by atoms with Crippen LogP contribution in [0.15, 0.2) is 23.4 Å². The van der Waals surface area contributed by atoms with Gasteiger partial charge in [-0.3, -0.25) is 0 Å². The van der Waals surface area contributed by atoms with E-state index in [-0.39, 0.29) is 0 Å². The second-order valence-corrected chi connectivity index (χ2v) is 3.33. The van der Waals surface area contributed by atoms with Gasteiger partial charge in [0.15, 0.2) is 11.5 Å². The maximum Gasteiger partial charge on any atom is 0.170 e. The minimum absolute atomic E-state index is 0.622. The zero-order chi connectivity index (χ0) is 11.8. The molecule has 0 fully saturated rings. The molecular weight excluding hydrogens is 206 g/mol. The minimum Gasteiger partial charge on any atom is -0.493 e. The Morgan fingerprint density at radius 3 is 2.88 bits per heavy atom.